The van der Waals surface area contributed by atoms with Crippen LogP contribution in [0.4, 0.5) is 0 Å². The number of aliphatic hydroxyl groups is 3. The fourth-order valence-corrected chi connectivity index (χ4v) is 2.49. The van der Waals surface area contributed by atoms with Crippen molar-refractivity contribution in [3.8, 4) is 0 Å². The van der Waals surface area contributed by atoms with Crippen LogP contribution in [0.15, 0.2) is 36.4 Å². The van der Waals surface area contributed by atoms with E-state index in [0.717, 1.165) is 5.39 Å². The van der Waals surface area contributed by atoms with Crippen molar-refractivity contribution < 1.29 is 39.5 Å². The Hall–Kier alpha value is -2.59. The number of fused-ring (bicyclic) bond motifs is 1. The summed E-state index contributed by atoms with van der Waals surface area (Å²) in [4.78, 5) is 27.3. The molecule has 1 aromatic carbocycles. The van der Waals surface area contributed by atoms with Gasteiger partial charge in [-0.15, -0.1) is 0 Å². The van der Waals surface area contributed by atoms with Gasteiger partial charge in [-0.05, 0) is 12.1 Å². The van der Waals surface area contributed by atoms with Crippen molar-refractivity contribution in [2.75, 3.05) is 0 Å². The molecular formula is C16H15NO8. The first-order valence-electron chi connectivity index (χ1n) is 7.37. The zero-order valence-electron chi connectivity index (χ0n) is 12.7. The lowest BCUT2D eigenvalue weighted by molar-refractivity contribution is -0.278. The number of carboxylic acid groups (broad SMARTS) is 1. The molecule has 3 rings (SSSR count). The number of ether oxygens (including phenoxy) is 2. The second-order valence-electron chi connectivity index (χ2n) is 5.53. The quantitative estimate of drug-likeness (QED) is 0.527. The second kappa shape index (κ2) is 6.73. The summed E-state index contributed by atoms with van der Waals surface area (Å²) in [6.45, 7) is 0. The summed E-state index contributed by atoms with van der Waals surface area (Å²) in [7, 11) is 0. The Balaban J connectivity index is 1.79. The lowest BCUT2D eigenvalue weighted by Gasteiger charge is -2.37. The van der Waals surface area contributed by atoms with Gasteiger partial charge in [0, 0.05) is 5.39 Å². The first-order valence-corrected chi connectivity index (χ1v) is 7.37. The summed E-state index contributed by atoms with van der Waals surface area (Å²) in [5.74, 6) is -2.54. The first-order chi connectivity index (χ1) is 11.9. The molecule has 5 unspecified atom stereocenters. The molecule has 0 bridgehead atoms. The number of carbonyl (C=O) groups excluding carboxylic acids is 1. The number of pyridine rings is 1. The molecule has 5 atom stereocenters. The zero-order valence-corrected chi connectivity index (χ0v) is 12.7. The minimum absolute atomic E-state index is 0.0815. The van der Waals surface area contributed by atoms with E-state index in [0.29, 0.717) is 5.52 Å². The van der Waals surface area contributed by atoms with E-state index in [1.807, 2.05) is 6.07 Å². The third-order valence-corrected chi connectivity index (χ3v) is 3.84. The number of aromatic nitrogens is 1. The molecule has 132 valence electrons. The molecule has 0 amide bonds. The van der Waals surface area contributed by atoms with Crippen LogP contribution in [0.3, 0.4) is 0 Å². The van der Waals surface area contributed by atoms with Crippen molar-refractivity contribution in [2.24, 2.45) is 0 Å². The highest BCUT2D eigenvalue weighted by Gasteiger charge is 2.48. The fourth-order valence-electron chi connectivity index (χ4n) is 2.49. The highest BCUT2D eigenvalue weighted by Crippen LogP contribution is 2.23. The molecule has 0 aliphatic carbocycles. The number of rotatable bonds is 3. The van der Waals surface area contributed by atoms with Gasteiger partial charge in [-0.25, -0.2) is 14.6 Å². The van der Waals surface area contributed by atoms with Crippen molar-refractivity contribution in [3.63, 3.8) is 0 Å². The van der Waals surface area contributed by atoms with Gasteiger partial charge in [0.05, 0.1) is 5.52 Å². The van der Waals surface area contributed by atoms with Crippen LogP contribution in [-0.2, 0) is 14.3 Å². The molecule has 1 fully saturated rings. The van der Waals surface area contributed by atoms with Crippen LogP contribution in [0.1, 0.15) is 10.5 Å². The van der Waals surface area contributed by atoms with Gasteiger partial charge in [0.25, 0.3) is 0 Å². The van der Waals surface area contributed by atoms with Gasteiger partial charge in [-0.2, -0.15) is 0 Å². The van der Waals surface area contributed by atoms with Gasteiger partial charge in [-0.1, -0.05) is 24.3 Å². The molecular weight excluding hydrogens is 334 g/mol. The summed E-state index contributed by atoms with van der Waals surface area (Å²) in [5.41, 5.74) is 0.461. The van der Waals surface area contributed by atoms with Crippen LogP contribution in [0.5, 0.6) is 0 Å². The SMILES string of the molecule is O=C(OC1OC(C(=O)O)C(O)C(O)C1O)c1ccc2ccccc2n1. The standard InChI is InChI=1S/C16H15NO8/c18-10-11(19)13(14(21)22)24-16(12(10)20)25-15(23)9-6-5-7-3-1-2-4-8(7)17-9/h1-6,10-13,16,18-20H,(H,21,22). The van der Waals surface area contributed by atoms with E-state index in [1.165, 1.54) is 6.07 Å². The Labute approximate surface area is 141 Å². The Bertz CT molecular complexity index is 810. The largest absolute Gasteiger partial charge is 0.479 e. The highest BCUT2D eigenvalue weighted by atomic mass is 16.7. The van der Waals surface area contributed by atoms with Gasteiger partial charge in [0.1, 0.15) is 24.0 Å². The number of hydrogen-bond acceptors (Lipinski definition) is 8. The number of carboxylic acids is 1. The number of esters is 1. The summed E-state index contributed by atoms with van der Waals surface area (Å²) in [5, 5.41) is 38.9. The van der Waals surface area contributed by atoms with E-state index in [2.05, 4.69) is 4.98 Å². The lowest BCUT2D eigenvalue weighted by Crippen LogP contribution is -2.60. The molecule has 1 aliphatic heterocycles. The minimum atomic E-state index is -1.86. The van der Waals surface area contributed by atoms with Crippen LogP contribution in [-0.4, -0.2) is 68.1 Å². The highest BCUT2D eigenvalue weighted by molar-refractivity contribution is 5.91. The number of nitrogens with zero attached hydrogens (tertiary/aromatic N) is 1. The predicted molar refractivity (Wildman–Crippen MR) is 81.5 cm³/mol. The molecule has 9 heteroatoms. The monoisotopic (exact) mass is 349 g/mol. The lowest BCUT2D eigenvalue weighted by atomic mass is 9.99. The van der Waals surface area contributed by atoms with Crippen molar-refractivity contribution in [2.45, 2.75) is 30.7 Å². The number of aliphatic carboxylic acids is 1. The predicted octanol–water partition coefficient (Wildman–Crippen LogP) is -0.716. The summed E-state index contributed by atoms with van der Waals surface area (Å²) < 4.78 is 9.82. The van der Waals surface area contributed by atoms with Crippen molar-refractivity contribution in [1.29, 1.82) is 0 Å². The average molecular weight is 349 g/mol. The fraction of sp³-hybridized carbons (Fsp3) is 0.312. The first kappa shape index (κ1) is 17.2. The van der Waals surface area contributed by atoms with E-state index >= 15 is 0 Å². The van der Waals surface area contributed by atoms with Crippen LogP contribution in [0.2, 0.25) is 0 Å². The third-order valence-electron chi connectivity index (χ3n) is 3.84. The van der Waals surface area contributed by atoms with Crippen LogP contribution >= 0.6 is 0 Å². The topological polar surface area (TPSA) is 146 Å². The van der Waals surface area contributed by atoms with Gasteiger partial charge < -0.3 is 29.9 Å². The van der Waals surface area contributed by atoms with Crippen LogP contribution in [0, 0.1) is 0 Å². The molecule has 1 aromatic heterocycles. The number of para-hydroxylation sites is 1. The van der Waals surface area contributed by atoms with Crippen LogP contribution in [0.25, 0.3) is 10.9 Å². The Morgan fingerprint density at radius 1 is 1.00 bits per heavy atom. The average Bonchev–Trinajstić information content (AvgIpc) is 2.61. The Kier molecular flexibility index (Phi) is 4.64. The smallest absolute Gasteiger partial charge is 0.359 e. The molecule has 4 N–H and O–H groups in total. The maximum absolute atomic E-state index is 12.2. The molecule has 25 heavy (non-hydrogen) atoms. The summed E-state index contributed by atoms with van der Waals surface area (Å²) >= 11 is 0. The maximum Gasteiger partial charge on any atom is 0.359 e. The van der Waals surface area contributed by atoms with Crippen molar-refractivity contribution in [1.82, 2.24) is 4.98 Å². The van der Waals surface area contributed by atoms with Crippen molar-refractivity contribution >= 4 is 22.8 Å². The molecule has 0 spiro atoms. The Morgan fingerprint density at radius 2 is 1.72 bits per heavy atom. The summed E-state index contributed by atoms with van der Waals surface area (Å²) in [6, 6.07) is 10.1. The molecule has 1 saturated heterocycles. The van der Waals surface area contributed by atoms with E-state index in [-0.39, 0.29) is 5.69 Å². The van der Waals surface area contributed by atoms with E-state index in [1.54, 1.807) is 24.3 Å². The molecule has 0 radical (unpaired) electrons. The van der Waals surface area contributed by atoms with E-state index in [9.17, 15) is 24.9 Å². The molecule has 9 nitrogen and oxygen atoms in total. The molecule has 0 saturated carbocycles. The van der Waals surface area contributed by atoms with Crippen molar-refractivity contribution in [3.05, 3.63) is 42.1 Å². The van der Waals surface area contributed by atoms with E-state index < -0.39 is 42.6 Å². The second-order valence-corrected chi connectivity index (χ2v) is 5.53. The molecule has 2 heterocycles. The van der Waals surface area contributed by atoms with Crippen LogP contribution < -0.4 is 0 Å². The van der Waals surface area contributed by atoms with Gasteiger partial charge in [0.2, 0.25) is 6.29 Å². The van der Waals surface area contributed by atoms with Gasteiger partial charge in [-0.3, -0.25) is 0 Å². The summed E-state index contributed by atoms with van der Waals surface area (Å²) in [6.07, 6.45) is -9.13. The maximum atomic E-state index is 12.2. The van der Waals surface area contributed by atoms with Gasteiger partial charge >= 0.3 is 11.9 Å². The normalized spacial score (nSPS) is 29.3. The van der Waals surface area contributed by atoms with E-state index in [4.69, 9.17) is 14.6 Å². The number of carbonyl (C=O) groups is 2. The number of hydrogen-bond donors (Lipinski definition) is 4. The third kappa shape index (κ3) is 3.30. The molecule has 1 aliphatic rings. The zero-order chi connectivity index (χ0) is 18.1. The van der Waals surface area contributed by atoms with Gasteiger partial charge in [0.15, 0.2) is 6.10 Å². The number of aliphatic hydroxyl groups excluding tert-OH is 3. The minimum Gasteiger partial charge on any atom is -0.479 e. The molecule has 2 aromatic rings. The Morgan fingerprint density at radius 3 is 2.44 bits per heavy atom. The number of benzene rings is 1.